The second-order valence-electron chi connectivity index (χ2n) is 7.37. The molecule has 2 fully saturated rings. The predicted molar refractivity (Wildman–Crippen MR) is 104 cm³/mol. The number of piperidine rings is 2. The van der Waals surface area contributed by atoms with Gasteiger partial charge in [0.15, 0.2) is 0 Å². The van der Waals surface area contributed by atoms with Crippen molar-refractivity contribution < 1.29 is 4.79 Å². The summed E-state index contributed by atoms with van der Waals surface area (Å²) in [5.41, 5.74) is 5.65. The van der Waals surface area contributed by atoms with Gasteiger partial charge in [0.25, 0.3) is 0 Å². The Morgan fingerprint density at radius 3 is 2.96 bits per heavy atom. The van der Waals surface area contributed by atoms with E-state index >= 15 is 0 Å². The van der Waals surface area contributed by atoms with E-state index in [1.165, 1.54) is 15.0 Å². The van der Waals surface area contributed by atoms with Crippen molar-refractivity contribution in [3.8, 4) is 0 Å². The Kier molecular flexibility index (Phi) is 5.06. The molecule has 5 heteroatoms. The Morgan fingerprint density at radius 1 is 1.24 bits per heavy atom. The normalized spacial score (nSPS) is 24.7. The van der Waals surface area contributed by atoms with Gasteiger partial charge in [0.2, 0.25) is 5.91 Å². The van der Waals surface area contributed by atoms with E-state index in [2.05, 4.69) is 40.1 Å². The van der Waals surface area contributed by atoms with Gasteiger partial charge in [0.1, 0.15) is 0 Å². The zero-order chi connectivity index (χ0) is 17.2. The van der Waals surface area contributed by atoms with Crippen molar-refractivity contribution >= 4 is 27.3 Å². The molecule has 2 saturated heterocycles. The molecule has 25 heavy (non-hydrogen) atoms. The number of hydrogen-bond donors (Lipinski definition) is 1. The minimum atomic E-state index is 0.340. The molecular formula is C20H27N3OS. The SMILES string of the molecule is NCCCN1C(=O)CC[C@H]2CN(Cc3cc4ccccc4s3)CC[C@H]21. The van der Waals surface area contributed by atoms with Gasteiger partial charge in [-0.15, -0.1) is 11.3 Å². The first-order valence-electron chi connectivity index (χ1n) is 9.44. The zero-order valence-corrected chi connectivity index (χ0v) is 15.5. The molecular weight excluding hydrogens is 330 g/mol. The molecule has 2 aliphatic heterocycles. The Labute approximate surface area is 153 Å². The zero-order valence-electron chi connectivity index (χ0n) is 14.7. The number of thiophene rings is 1. The van der Waals surface area contributed by atoms with Crippen molar-refractivity contribution in [1.29, 1.82) is 0 Å². The third kappa shape index (κ3) is 3.59. The van der Waals surface area contributed by atoms with Gasteiger partial charge in [-0.25, -0.2) is 0 Å². The topological polar surface area (TPSA) is 49.6 Å². The van der Waals surface area contributed by atoms with Crippen LogP contribution in [0.3, 0.4) is 0 Å². The monoisotopic (exact) mass is 357 g/mol. The smallest absolute Gasteiger partial charge is 0.222 e. The van der Waals surface area contributed by atoms with Crippen molar-refractivity contribution in [2.45, 2.75) is 38.3 Å². The number of rotatable bonds is 5. The average Bonchev–Trinajstić information content (AvgIpc) is 3.03. The van der Waals surface area contributed by atoms with E-state index in [9.17, 15) is 4.79 Å². The second-order valence-corrected chi connectivity index (χ2v) is 8.54. The van der Waals surface area contributed by atoms with E-state index in [4.69, 9.17) is 5.73 Å². The van der Waals surface area contributed by atoms with Gasteiger partial charge in [-0.3, -0.25) is 9.69 Å². The largest absolute Gasteiger partial charge is 0.339 e. The van der Waals surface area contributed by atoms with Crippen molar-refractivity contribution in [1.82, 2.24) is 9.80 Å². The predicted octanol–water partition coefficient (Wildman–Crippen LogP) is 3.06. The first kappa shape index (κ1) is 17.0. The summed E-state index contributed by atoms with van der Waals surface area (Å²) in [6.45, 7) is 4.75. The van der Waals surface area contributed by atoms with E-state index in [1.54, 1.807) is 0 Å². The summed E-state index contributed by atoms with van der Waals surface area (Å²) < 4.78 is 1.38. The highest BCUT2D eigenvalue weighted by Gasteiger charge is 2.38. The maximum Gasteiger partial charge on any atom is 0.222 e. The molecule has 0 aliphatic carbocycles. The molecule has 3 heterocycles. The highest BCUT2D eigenvalue weighted by molar-refractivity contribution is 7.19. The minimum Gasteiger partial charge on any atom is -0.339 e. The van der Waals surface area contributed by atoms with Crippen molar-refractivity contribution in [2.75, 3.05) is 26.2 Å². The minimum absolute atomic E-state index is 0.340. The number of hydrogen-bond acceptors (Lipinski definition) is 4. The summed E-state index contributed by atoms with van der Waals surface area (Å²) in [7, 11) is 0. The van der Waals surface area contributed by atoms with Crippen LogP contribution in [0, 0.1) is 5.92 Å². The fraction of sp³-hybridized carbons (Fsp3) is 0.550. The van der Waals surface area contributed by atoms with Crippen LogP contribution in [0.25, 0.3) is 10.1 Å². The Morgan fingerprint density at radius 2 is 2.12 bits per heavy atom. The molecule has 0 spiro atoms. The van der Waals surface area contributed by atoms with Crippen molar-refractivity contribution in [3.63, 3.8) is 0 Å². The first-order valence-corrected chi connectivity index (χ1v) is 10.3. The summed E-state index contributed by atoms with van der Waals surface area (Å²) in [6, 6.07) is 11.4. The highest BCUT2D eigenvalue weighted by Crippen LogP contribution is 2.33. The summed E-state index contributed by atoms with van der Waals surface area (Å²) in [5, 5.41) is 1.36. The van der Waals surface area contributed by atoms with Gasteiger partial charge in [-0.2, -0.15) is 0 Å². The average molecular weight is 358 g/mol. The number of carbonyl (C=O) groups excluding carboxylic acids is 1. The van der Waals surface area contributed by atoms with E-state index in [1.807, 2.05) is 11.3 Å². The fourth-order valence-electron chi connectivity index (χ4n) is 4.46. The van der Waals surface area contributed by atoms with Crippen LogP contribution >= 0.6 is 11.3 Å². The van der Waals surface area contributed by atoms with Crippen LogP contribution in [0.1, 0.15) is 30.6 Å². The molecule has 134 valence electrons. The number of nitrogens with two attached hydrogens (primary N) is 1. The van der Waals surface area contributed by atoms with Crippen LogP contribution in [0.4, 0.5) is 0 Å². The van der Waals surface area contributed by atoms with Crippen LogP contribution in [0.2, 0.25) is 0 Å². The lowest BCUT2D eigenvalue weighted by Crippen LogP contribution is -2.56. The van der Waals surface area contributed by atoms with Crippen LogP contribution in [-0.2, 0) is 11.3 Å². The molecule has 2 aromatic rings. The summed E-state index contributed by atoms with van der Waals surface area (Å²) in [5.74, 6) is 0.964. The lowest BCUT2D eigenvalue weighted by molar-refractivity contribution is -0.141. The van der Waals surface area contributed by atoms with Crippen LogP contribution in [0.15, 0.2) is 30.3 Å². The second kappa shape index (κ2) is 7.44. The molecule has 2 N–H and O–H groups in total. The van der Waals surface area contributed by atoms with Gasteiger partial charge in [-0.1, -0.05) is 18.2 Å². The summed E-state index contributed by atoms with van der Waals surface area (Å²) in [4.78, 5) is 18.5. The number of fused-ring (bicyclic) bond motifs is 2. The molecule has 2 aliphatic rings. The lowest BCUT2D eigenvalue weighted by atomic mass is 9.83. The molecule has 0 radical (unpaired) electrons. The van der Waals surface area contributed by atoms with Crippen LogP contribution in [0.5, 0.6) is 0 Å². The molecule has 2 atom stereocenters. The lowest BCUT2D eigenvalue weighted by Gasteiger charge is -2.47. The maximum absolute atomic E-state index is 12.3. The Bertz CT molecular complexity index is 710. The molecule has 1 amide bonds. The van der Waals surface area contributed by atoms with E-state index in [0.717, 1.165) is 45.4 Å². The first-order chi connectivity index (χ1) is 12.2. The van der Waals surface area contributed by atoms with Gasteiger partial charge in [0.05, 0.1) is 0 Å². The third-order valence-corrected chi connectivity index (χ3v) is 6.79. The molecule has 1 aromatic heterocycles. The number of benzene rings is 1. The quantitative estimate of drug-likeness (QED) is 0.895. The molecule has 0 unspecified atom stereocenters. The molecule has 0 bridgehead atoms. The van der Waals surface area contributed by atoms with Gasteiger partial charge < -0.3 is 10.6 Å². The Balaban J connectivity index is 1.41. The Hall–Kier alpha value is -1.43. The van der Waals surface area contributed by atoms with Crippen molar-refractivity contribution in [2.24, 2.45) is 11.7 Å². The molecule has 0 saturated carbocycles. The van der Waals surface area contributed by atoms with Crippen LogP contribution < -0.4 is 5.73 Å². The summed E-state index contributed by atoms with van der Waals surface area (Å²) in [6.07, 6.45) is 3.78. The molecule has 1 aromatic carbocycles. The van der Waals surface area contributed by atoms with Crippen molar-refractivity contribution in [3.05, 3.63) is 35.2 Å². The third-order valence-electron chi connectivity index (χ3n) is 5.69. The standard InChI is InChI=1S/C20H27N3OS/c21-9-3-10-23-18-8-11-22(13-16(18)6-7-20(23)24)14-17-12-15-4-1-2-5-19(15)25-17/h1-2,4-5,12,16,18H,3,6-11,13-14,21H2/t16-,18+/m0/s1. The molecule has 4 nitrogen and oxygen atoms in total. The number of likely N-dealkylation sites (tertiary alicyclic amines) is 2. The van der Waals surface area contributed by atoms with E-state index < -0.39 is 0 Å². The maximum atomic E-state index is 12.3. The fourth-order valence-corrected chi connectivity index (χ4v) is 5.56. The summed E-state index contributed by atoms with van der Waals surface area (Å²) >= 11 is 1.91. The number of carbonyl (C=O) groups is 1. The van der Waals surface area contributed by atoms with E-state index in [0.29, 0.717) is 30.8 Å². The van der Waals surface area contributed by atoms with E-state index in [-0.39, 0.29) is 0 Å². The number of nitrogens with zero attached hydrogens (tertiary/aromatic N) is 2. The van der Waals surface area contributed by atoms with Gasteiger partial charge >= 0.3 is 0 Å². The highest BCUT2D eigenvalue weighted by atomic mass is 32.1. The molecule has 4 rings (SSSR count). The van der Waals surface area contributed by atoms with Gasteiger partial charge in [-0.05, 0) is 49.2 Å². The van der Waals surface area contributed by atoms with Crippen LogP contribution in [-0.4, -0.2) is 47.9 Å². The van der Waals surface area contributed by atoms with Gasteiger partial charge in [0, 0.05) is 48.2 Å². The number of amides is 1.